The normalized spacial score (nSPS) is 15.4. The van der Waals surface area contributed by atoms with Gasteiger partial charge in [-0.3, -0.25) is 4.79 Å². The molecule has 186 valence electrons. The second kappa shape index (κ2) is 12.5. The van der Waals surface area contributed by atoms with E-state index < -0.39 is 0 Å². The van der Waals surface area contributed by atoms with Gasteiger partial charge >= 0.3 is 0 Å². The van der Waals surface area contributed by atoms with Crippen molar-refractivity contribution in [3.8, 4) is 11.8 Å². The minimum Gasteiger partial charge on any atom is -0.489 e. The molecule has 0 bridgehead atoms. The number of rotatable bonds is 8. The topological polar surface area (TPSA) is 59.3 Å². The number of allylic oxidation sites excluding steroid dienone is 7. The molecule has 36 heavy (non-hydrogen) atoms. The van der Waals surface area contributed by atoms with E-state index in [9.17, 15) is 10.1 Å². The highest BCUT2D eigenvalue weighted by Gasteiger charge is 2.18. The number of ether oxygens (including phenoxy) is 2. The highest BCUT2D eigenvalue weighted by atomic mass is 35.5. The Labute approximate surface area is 219 Å². The first-order valence-electron chi connectivity index (χ1n) is 12.1. The predicted molar refractivity (Wildman–Crippen MR) is 147 cm³/mol. The van der Waals surface area contributed by atoms with Crippen molar-refractivity contribution in [3.05, 3.63) is 99.6 Å². The van der Waals surface area contributed by atoms with Crippen molar-refractivity contribution in [3.63, 3.8) is 0 Å². The first-order valence-corrected chi connectivity index (χ1v) is 12.4. The van der Waals surface area contributed by atoms with Crippen LogP contribution in [0.2, 0.25) is 5.02 Å². The Bertz CT molecular complexity index is 1290. The van der Waals surface area contributed by atoms with E-state index in [-0.39, 0.29) is 11.9 Å². The number of hydrogen-bond acceptors (Lipinski definition) is 4. The van der Waals surface area contributed by atoms with Crippen molar-refractivity contribution < 1.29 is 14.3 Å². The maximum atomic E-state index is 11.7. The zero-order chi connectivity index (χ0) is 26.2. The van der Waals surface area contributed by atoms with E-state index in [2.05, 4.69) is 12.6 Å². The number of Topliss-reactive ketones (excluding diaryl/α,β-unsaturated/α-hetero) is 1. The molecule has 2 aromatic carbocycles. The summed E-state index contributed by atoms with van der Waals surface area (Å²) in [6.45, 7) is 13.1. The SMILES string of the molecule is C=C(/C=C(\C)c1ccc(C(C)=O)cc1Cl)/C(C)=C(\C=C/C)c1ccc(OC2CCOCC2)c(C#N)c1. The van der Waals surface area contributed by atoms with Gasteiger partial charge in [-0.05, 0) is 79.3 Å². The molecule has 0 amide bonds. The Morgan fingerprint density at radius 1 is 1.14 bits per heavy atom. The molecule has 1 heterocycles. The van der Waals surface area contributed by atoms with Gasteiger partial charge < -0.3 is 9.47 Å². The summed E-state index contributed by atoms with van der Waals surface area (Å²) in [6, 6.07) is 13.4. The zero-order valence-corrected chi connectivity index (χ0v) is 22.1. The molecule has 0 radical (unpaired) electrons. The van der Waals surface area contributed by atoms with Gasteiger partial charge in [-0.15, -0.1) is 0 Å². The molecule has 0 spiro atoms. The van der Waals surface area contributed by atoms with Crippen LogP contribution in [0.15, 0.2) is 72.4 Å². The van der Waals surface area contributed by atoms with Crippen LogP contribution in [-0.2, 0) is 4.74 Å². The molecule has 0 saturated carbocycles. The fourth-order valence-electron chi connectivity index (χ4n) is 4.14. The number of benzene rings is 2. The second-order valence-electron chi connectivity index (χ2n) is 8.89. The second-order valence-corrected chi connectivity index (χ2v) is 9.30. The molecule has 0 N–H and O–H groups in total. The first kappa shape index (κ1) is 27.2. The van der Waals surface area contributed by atoms with Crippen LogP contribution in [0.4, 0.5) is 0 Å². The number of nitriles is 1. The predicted octanol–water partition coefficient (Wildman–Crippen LogP) is 7.98. The van der Waals surface area contributed by atoms with Crippen molar-refractivity contribution in [1.82, 2.24) is 0 Å². The van der Waals surface area contributed by atoms with E-state index in [4.69, 9.17) is 21.1 Å². The Hall–Kier alpha value is -3.39. The molecule has 0 atom stereocenters. The lowest BCUT2D eigenvalue weighted by atomic mass is 9.93. The van der Waals surface area contributed by atoms with Gasteiger partial charge in [0, 0.05) is 23.4 Å². The molecule has 1 saturated heterocycles. The van der Waals surface area contributed by atoms with Crippen LogP contribution in [0.1, 0.15) is 67.6 Å². The van der Waals surface area contributed by atoms with E-state index in [1.165, 1.54) is 6.92 Å². The Morgan fingerprint density at radius 3 is 2.44 bits per heavy atom. The maximum Gasteiger partial charge on any atom is 0.159 e. The van der Waals surface area contributed by atoms with E-state index in [0.29, 0.717) is 35.1 Å². The summed E-state index contributed by atoms with van der Waals surface area (Å²) in [5.74, 6) is 0.578. The third-order valence-electron chi connectivity index (χ3n) is 6.28. The van der Waals surface area contributed by atoms with Crippen molar-refractivity contribution in [1.29, 1.82) is 5.26 Å². The Morgan fingerprint density at radius 2 is 1.83 bits per heavy atom. The summed E-state index contributed by atoms with van der Waals surface area (Å²) in [4.78, 5) is 11.7. The third kappa shape index (κ3) is 6.63. The fourth-order valence-corrected chi connectivity index (χ4v) is 4.47. The minimum atomic E-state index is -0.0230. The van der Waals surface area contributed by atoms with Gasteiger partial charge in [0.25, 0.3) is 0 Å². The van der Waals surface area contributed by atoms with Crippen LogP contribution in [0.5, 0.6) is 5.75 Å². The largest absolute Gasteiger partial charge is 0.489 e. The molecule has 1 aliphatic heterocycles. The van der Waals surface area contributed by atoms with Crippen LogP contribution in [0, 0.1) is 11.3 Å². The van der Waals surface area contributed by atoms with Gasteiger partial charge in [0.05, 0.1) is 18.8 Å². The van der Waals surface area contributed by atoms with Crippen molar-refractivity contribution in [2.75, 3.05) is 13.2 Å². The van der Waals surface area contributed by atoms with Crippen molar-refractivity contribution >= 4 is 28.5 Å². The monoisotopic (exact) mass is 501 g/mol. The molecular formula is C31H32ClNO3. The summed E-state index contributed by atoms with van der Waals surface area (Å²) in [6.07, 6.45) is 7.69. The van der Waals surface area contributed by atoms with E-state index >= 15 is 0 Å². The van der Waals surface area contributed by atoms with Crippen LogP contribution in [-0.4, -0.2) is 25.1 Å². The lowest BCUT2D eigenvalue weighted by Gasteiger charge is -2.24. The Balaban J connectivity index is 1.93. The van der Waals surface area contributed by atoms with Gasteiger partial charge in [-0.1, -0.05) is 54.6 Å². The molecule has 0 aromatic heterocycles. The lowest BCUT2D eigenvalue weighted by Crippen LogP contribution is -2.26. The number of carbonyl (C=O) groups is 1. The Kier molecular flexibility index (Phi) is 9.47. The molecule has 1 aliphatic rings. The van der Waals surface area contributed by atoms with Crippen molar-refractivity contribution in [2.45, 2.75) is 46.6 Å². The van der Waals surface area contributed by atoms with Gasteiger partial charge in [0.2, 0.25) is 0 Å². The molecule has 2 aromatic rings. The standard InChI is InChI=1S/C31H32ClNO3/c1-6-7-29(25-9-11-31(26(17-25)19-33)36-27-12-14-35-15-13-27)22(4)20(2)16-21(3)28-10-8-24(23(5)34)18-30(28)32/h6-11,16-18,27H,2,12-15H2,1,3-5H3/b7-6-,21-16+,29-22+. The molecule has 0 aliphatic carbocycles. The quantitative estimate of drug-likeness (QED) is 0.271. The van der Waals surface area contributed by atoms with Gasteiger partial charge in [0.15, 0.2) is 5.78 Å². The van der Waals surface area contributed by atoms with Gasteiger partial charge in [-0.25, -0.2) is 0 Å². The average Bonchev–Trinajstić information content (AvgIpc) is 2.87. The zero-order valence-electron chi connectivity index (χ0n) is 21.4. The van der Waals surface area contributed by atoms with E-state index in [0.717, 1.165) is 46.3 Å². The molecule has 3 rings (SSSR count). The average molecular weight is 502 g/mol. The molecular weight excluding hydrogens is 470 g/mol. The number of nitrogens with zero attached hydrogens (tertiary/aromatic N) is 1. The van der Waals surface area contributed by atoms with Crippen LogP contribution in [0.3, 0.4) is 0 Å². The smallest absolute Gasteiger partial charge is 0.159 e. The molecule has 4 nitrogen and oxygen atoms in total. The number of halogens is 1. The van der Waals surface area contributed by atoms with E-state index in [1.807, 2.05) is 63.3 Å². The summed E-state index contributed by atoms with van der Waals surface area (Å²) in [7, 11) is 0. The number of hydrogen-bond donors (Lipinski definition) is 0. The van der Waals surface area contributed by atoms with Crippen LogP contribution < -0.4 is 4.74 Å². The summed E-state index contributed by atoms with van der Waals surface area (Å²) in [5, 5.41) is 10.3. The summed E-state index contributed by atoms with van der Waals surface area (Å²) < 4.78 is 11.5. The maximum absolute atomic E-state index is 11.7. The first-order chi connectivity index (χ1) is 17.2. The van der Waals surface area contributed by atoms with E-state index in [1.54, 1.807) is 12.1 Å². The van der Waals surface area contributed by atoms with Gasteiger partial charge in [0.1, 0.15) is 17.9 Å². The summed E-state index contributed by atoms with van der Waals surface area (Å²) >= 11 is 6.46. The molecule has 5 heteroatoms. The number of ketones is 1. The summed E-state index contributed by atoms with van der Waals surface area (Å²) in [5.41, 5.74) is 6.57. The minimum absolute atomic E-state index is 0.0230. The fraction of sp³-hybridized carbons (Fsp3) is 0.290. The van der Waals surface area contributed by atoms with Crippen LogP contribution >= 0.6 is 11.6 Å². The van der Waals surface area contributed by atoms with Gasteiger partial charge in [-0.2, -0.15) is 5.26 Å². The lowest BCUT2D eigenvalue weighted by molar-refractivity contribution is 0.0254. The number of carbonyl (C=O) groups excluding carboxylic acids is 1. The van der Waals surface area contributed by atoms with Crippen LogP contribution in [0.25, 0.3) is 11.1 Å². The molecule has 1 fully saturated rings. The van der Waals surface area contributed by atoms with Crippen molar-refractivity contribution in [2.24, 2.45) is 0 Å². The highest BCUT2D eigenvalue weighted by molar-refractivity contribution is 6.32. The molecule has 0 unspecified atom stereocenters. The third-order valence-corrected chi connectivity index (χ3v) is 6.60. The highest BCUT2D eigenvalue weighted by Crippen LogP contribution is 2.32.